The summed E-state index contributed by atoms with van der Waals surface area (Å²) in [6.07, 6.45) is 0.595. The van der Waals surface area contributed by atoms with Crippen molar-refractivity contribution in [3.05, 3.63) is 111 Å². The maximum atomic E-state index is 13.3. The average Bonchev–Trinajstić information content (AvgIpc) is 3.23. The number of para-hydroxylation sites is 1. The number of rotatable bonds is 8. The Morgan fingerprint density at radius 3 is 2.39 bits per heavy atom. The summed E-state index contributed by atoms with van der Waals surface area (Å²) >= 11 is 0. The summed E-state index contributed by atoms with van der Waals surface area (Å²) in [7, 11) is 1.59. The Kier molecular flexibility index (Phi) is 6.36. The molecule has 0 aliphatic carbocycles. The number of ether oxygens (including phenoxy) is 1. The minimum absolute atomic E-state index is 0.211. The quantitative estimate of drug-likeness (QED) is 0.365. The van der Waals surface area contributed by atoms with Gasteiger partial charge in [0.2, 0.25) is 11.7 Å². The van der Waals surface area contributed by atoms with Gasteiger partial charge in [-0.3, -0.25) is 14.2 Å². The van der Waals surface area contributed by atoms with Gasteiger partial charge in [-0.1, -0.05) is 54.6 Å². The van der Waals surface area contributed by atoms with Crippen LogP contribution in [-0.2, 0) is 30.8 Å². The first-order valence-corrected chi connectivity index (χ1v) is 11.6. The molecule has 2 aromatic heterocycles. The van der Waals surface area contributed by atoms with E-state index in [-0.39, 0.29) is 23.8 Å². The number of aryl methyl sites for hydroxylation is 2. The van der Waals surface area contributed by atoms with Gasteiger partial charge in [0.25, 0.3) is 5.56 Å². The molecule has 0 atom stereocenters. The van der Waals surface area contributed by atoms with Gasteiger partial charge >= 0.3 is 5.69 Å². The number of methoxy groups -OCH3 is 1. The van der Waals surface area contributed by atoms with Gasteiger partial charge < -0.3 is 10.1 Å². The average molecular weight is 484 g/mol. The second-order valence-corrected chi connectivity index (χ2v) is 8.41. The lowest BCUT2D eigenvalue weighted by molar-refractivity contribution is -0.122. The maximum Gasteiger partial charge on any atom is 0.352 e. The molecule has 0 aliphatic heterocycles. The molecule has 0 fully saturated rings. The van der Waals surface area contributed by atoms with Gasteiger partial charge in [-0.15, -0.1) is 5.10 Å². The van der Waals surface area contributed by atoms with E-state index in [1.807, 2.05) is 54.6 Å². The molecule has 1 N–H and O–H groups in total. The van der Waals surface area contributed by atoms with E-state index in [4.69, 9.17) is 4.74 Å². The summed E-state index contributed by atoms with van der Waals surface area (Å²) in [4.78, 5) is 39.3. The molecular weight excluding hydrogens is 458 g/mol. The van der Waals surface area contributed by atoms with Crippen LogP contribution in [0.5, 0.6) is 5.75 Å². The van der Waals surface area contributed by atoms with Crippen molar-refractivity contribution in [2.45, 2.75) is 26.1 Å². The Labute approximate surface area is 206 Å². The normalized spacial score (nSPS) is 11.1. The summed E-state index contributed by atoms with van der Waals surface area (Å²) in [6, 6.07) is 24.1. The fraction of sp³-hybridized carbons (Fsp3) is 0.185. The van der Waals surface area contributed by atoms with Gasteiger partial charge in [0.1, 0.15) is 12.3 Å². The minimum atomic E-state index is -0.478. The Hall–Kier alpha value is -4.66. The summed E-state index contributed by atoms with van der Waals surface area (Å²) in [5.41, 5.74) is 1.72. The number of aromatic nitrogens is 4. The van der Waals surface area contributed by atoms with Gasteiger partial charge in [0, 0.05) is 13.1 Å². The summed E-state index contributed by atoms with van der Waals surface area (Å²) in [5.74, 6) is 0.577. The molecule has 5 aromatic rings. The van der Waals surface area contributed by atoms with Crippen LogP contribution in [-0.4, -0.2) is 31.8 Å². The molecule has 0 bridgehead atoms. The number of hydrogen-bond donors (Lipinski definition) is 1. The zero-order chi connectivity index (χ0) is 25.1. The van der Waals surface area contributed by atoms with Crippen LogP contribution in [0.4, 0.5) is 0 Å². The summed E-state index contributed by atoms with van der Waals surface area (Å²) in [5, 5.41) is 7.63. The van der Waals surface area contributed by atoms with Crippen LogP contribution in [0.25, 0.3) is 16.7 Å². The number of nitrogens with one attached hydrogen (secondary N) is 1. The third-order valence-electron chi connectivity index (χ3n) is 6.09. The van der Waals surface area contributed by atoms with Crippen molar-refractivity contribution >= 4 is 22.6 Å². The molecule has 0 aliphatic rings. The SMILES string of the molecule is COc1ccc(CNC(=O)Cn2nc3n(CCc4ccccc4)c(=O)c4ccccc4n3c2=O)cc1. The predicted molar refractivity (Wildman–Crippen MR) is 136 cm³/mol. The molecule has 9 heteroatoms. The van der Waals surface area contributed by atoms with E-state index in [2.05, 4.69) is 10.4 Å². The van der Waals surface area contributed by atoms with E-state index in [1.165, 1.54) is 8.97 Å². The minimum Gasteiger partial charge on any atom is -0.497 e. The first-order valence-electron chi connectivity index (χ1n) is 11.6. The van der Waals surface area contributed by atoms with Crippen molar-refractivity contribution in [3.8, 4) is 5.75 Å². The van der Waals surface area contributed by atoms with Crippen molar-refractivity contribution in [3.63, 3.8) is 0 Å². The summed E-state index contributed by atoms with van der Waals surface area (Å²) < 4.78 is 9.15. The highest BCUT2D eigenvalue weighted by atomic mass is 16.5. The Bertz CT molecular complexity index is 1650. The van der Waals surface area contributed by atoms with Crippen LogP contribution in [0.2, 0.25) is 0 Å². The van der Waals surface area contributed by atoms with Crippen LogP contribution in [0.1, 0.15) is 11.1 Å². The fourth-order valence-electron chi connectivity index (χ4n) is 4.19. The molecule has 3 aromatic carbocycles. The van der Waals surface area contributed by atoms with Gasteiger partial charge in [-0.2, -0.15) is 0 Å². The predicted octanol–water partition coefficient (Wildman–Crippen LogP) is 2.38. The van der Waals surface area contributed by atoms with E-state index in [0.29, 0.717) is 30.4 Å². The molecule has 2 heterocycles. The number of amides is 1. The van der Waals surface area contributed by atoms with E-state index in [9.17, 15) is 14.4 Å². The first-order chi connectivity index (χ1) is 17.5. The highest BCUT2D eigenvalue weighted by Crippen LogP contribution is 2.13. The smallest absolute Gasteiger partial charge is 0.352 e. The molecule has 0 unspecified atom stereocenters. The zero-order valence-corrected chi connectivity index (χ0v) is 19.8. The lowest BCUT2D eigenvalue weighted by Crippen LogP contribution is -2.32. The Morgan fingerprint density at radius 2 is 1.64 bits per heavy atom. The zero-order valence-electron chi connectivity index (χ0n) is 19.8. The van der Waals surface area contributed by atoms with E-state index in [1.54, 1.807) is 31.4 Å². The van der Waals surface area contributed by atoms with Crippen molar-refractivity contribution in [1.82, 2.24) is 24.1 Å². The lowest BCUT2D eigenvalue weighted by atomic mass is 10.1. The third-order valence-corrected chi connectivity index (χ3v) is 6.09. The van der Waals surface area contributed by atoms with Crippen molar-refractivity contribution in [2.75, 3.05) is 7.11 Å². The standard InChI is InChI=1S/C27H25N5O4/c1-36-21-13-11-20(12-14-21)17-28-24(33)18-31-27(35)32-23-10-6-5-9-22(23)25(34)30(26(32)29-31)16-15-19-7-3-2-4-8-19/h2-14H,15-18H2,1H3,(H,28,33). The van der Waals surface area contributed by atoms with Crippen LogP contribution >= 0.6 is 0 Å². The van der Waals surface area contributed by atoms with E-state index < -0.39 is 5.69 Å². The molecular formula is C27H25N5O4. The topological polar surface area (TPSA) is 99.6 Å². The number of fused-ring (bicyclic) bond motifs is 3. The Morgan fingerprint density at radius 1 is 0.917 bits per heavy atom. The van der Waals surface area contributed by atoms with Crippen LogP contribution in [0.3, 0.4) is 0 Å². The van der Waals surface area contributed by atoms with Crippen LogP contribution in [0.15, 0.2) is 88.5 Å². The molecule has 0 saturated heterocycles. The molecule has 36 heavy (non-hydrogen) atoms. The van der Waals surface area contributed by atoms with Gasteiger partial charge in [0.05, 0.1) is 18.0 Å². The molecule has 9 nitrogen and oxygen atoms in total. The molecule has 182 valence electrons. The van der Waals surface area contributed by atoms with Gasteiger partial charge in [-0.25, -0.2) is 13.9 Å². The summed E-state index contributed by atoms with van der Waals surface area (Å²) in [6.45, 7) is 0.380. The van der Waals surface area contributed by atoms with E-state index in [0.717, 1.165) is 21.6 Å². The number of benzene rings is 3. The second kappa shape index (κ2) is 9.91. The van der Waals surface area contributed by atoms with Crippen LogP contribution < -0.4 is 21.3 Å². The lowest BCUT2D eigenvalue weighted by Gasteiger charge is -2.09. The molecule has 5 rings (SSSR count). The van der Waals surface area contributed by atoms with Crippen molar-refractivity contribution in [1.29, 1.82) is 0 Å². The highest BCUT2D eigenvalue weighted by molar-refractivity contribution is 5.80. The van der Waals surface area contributed by atoms with Gasteiger partial charge in [0.15, 0.2) is 0 Å². The molecule has 0 radical (unpaired) electrons. The van der Waals surface area contributed by atoms with Crippen molar-refractivity contribution < 1.29 is 9.53 Å². The largest absolute Gasteiger partial charge is 0.497 e. The van der Waals surface area contributed by atoms with Crippen LogP contribution in [0, 0.1) is 0 Å². The van der Waals surface area contributed by atoms with Crippen molar-refractivity contribution in [2.24, 2.45) is 0 Å². The van der Waals surface area contributed by atoms with Gasteiger partial charge in [-0.05, 0) is 41.8 Å². The highest BCUT2D eigenvalue weighted by Gasteiger charge is 2.18. The number of carbonyl (C=O) groups excluding carboxylic acids is 1. The van der Waals surface area contributed by atoms with E-state index >= 15 is 0 Å². The maximum absolute atomic E-state index is 13.3. The molecule has 1 amide bonds. The number of hydrogen-bond acceptors (Lipinski definition) is 5. The third kappa shape index (κ3) is 4.50. The molecule has 0 spiro atoms. The first kappa shape index (κ1) is 23.1. The molecule has 0 saturated carbocycles. The fourth-order valence-corrected chi connectivity index (χ4v) is 4.19. The number of carbonyl (C=O) groups is 1. The number of nitrogens with zero attached hydrogens (tertiary/aromatic N) is 4. The monoisotopic (exact) mass is 483 g/mol. The Balaban J connectivity index is 1.46. The second-order valence-electron chi connectivity index (χ2n) is 8.41.